The van der Waals surface area contributed by atoms with E-state index >= 15 is 0 Å². The molecular weight excluding hydrogens is 378 g/mol. The van der Waals surface area contributed by atoms with Crippen LogP contribution in [0.5, 0.6) is 0 Å². The van der Waals surface area contributed by atoms with Gasteiger partial charge in [0.05, 0.1) is 22.1 Å². The van der Waals surface area contributed by atoms with Crippen molar-refractivity contribution in [3.63, 3.8) is 0 Å². The zero-order valence-electron chi connectivity index (χ0n) is 13.8. The fourth-order valence-electron chi connectivity index (χ4n) is 1.86. The van der Waals surface area contributed by atoms with Crippen molar-refractivity contribution in [2.45, 2.75) is 28.6 Å². The Labute approximate surface area is 153 Å². The molecule has 136 valence electrons. The minimum Gasteiger partial charge on any atom is -0.381 e. The lowest BCUT2D eigenvalue weighted by molar-refractivity contribution is -0.130. The number of benzene rings is 1. The molecule has 0 saturated heterocycles. The predicted molar refractivity (Wildman–Crippen MR) is 94.4 cm³/mol. The Morgan fingerprint density at radius 2 is 1.85 bits per heavy atom. The maximum Gasteiger partial charge on any atom is 0.256 e. The van der Waals surface area contributed by atoms with Gasteiger partial charge in [-0.25, -0.2) is 8.42 Å². The van der Waals surface area contributed by atoms with Gasteiger partial charge in [-0.1, -0.05) is 0 Å². The predicted octanol–water partition coefficient (Wildman–Crippen LogP) is 1.26. The summed E-state index contributed by atoms with van der Waals surface area (Å²) in [6.45, 7) is 2.49. The Balaban J connectivity index is 2.49. The number of hydrogen-bond donors (Lipinski definition) is 3. The maximum atomic E-state index is 12.7. The van der Waals surface area contributed by atoms with E-state index in [9.17, 15) is 23.1 Å². The highest BCUT2D eigenvalue weighted by Crippen LogP contribution is 2.35. The Morgan fingerprint density at radius 1 is 1.27 bits per heavy atom. The minimum absolute atomic E-state index is 0.0724. The Bertz CT molecular complexity index is 1010. The first-order chi connectivity index (χ1) is 12.0. The number of carbonyl (C=O) groups is 2. The lowest BCUT2D eigenvalue weighted by atomic mass is 10.1. The first kappa shape index (κ1) is 19.6. The van der Waals surface area contributed by atoms with Crippen molar-refractivity contribution in [3.05, 3.63) is 41.5 Å². The Kier molecular flexibility index (Phi) is 5.18. The molecule has 10 heteroatoms. The number of nitrogens with two attached hydrogens (primary N) is 1. The number of hydrogen-bond acceptors (Lipinski definition) is 7. The molecule has 2 aromatic rings. The van der Waals surface area contributed by atoms with Gasteiger partial charge in [0.1, 0.15) is 14.8 Å². The number of anilines is 1. The number of thiophene rings is 1. The molecule has 0 unspecified atom stereocenters. The molecular formula is C16H15N3O5S2. The lowest BCUT2D eigenvalue weighted by Crippen LogP contribution is -2.36. The molecule has 0 aliphatic carbocycles. The average Bonchev–Trinajstić information content (AvgIpc) is 2.99. The van der Waals surface area contributed by atoms with Crippen LogP contribution in [-0.4, -0.2) is 30.9 Å². The molecule has 1 aromatic carbocycles. The van der Waals surface area contributed by atoms with Crippen LogP contribution in [0, 0.1) is 11.3 Å². The highest BCUT2D eigenvalue weighted by Gasteiger charge is 2.29. The topological polar surface area (TPSA) is 150 Å². The van der Waals surface area contributed by atoms with Crippen LogP contribution >= 0.6 is 11.3 Å². The van der Waals surface area contributed by atoms with E-state index in [0.717, 1.165) is 6.07 Å². The number of nitrogens with one attached hydrogen (secondary N) is 1. The van der Waals surface area contributed by atoms with E-state index in [1.807, 2.05) is 6.07 Å². The molecule has 2 amide bonds. The van der Waals surface area contributed by atoms with Gasteiger partial charge >= 0.3 is 0 Å². The zero-order chi connectivity index (χ0) is 19.7. The third kappa shape index (κ3) is 3.91. The van der Waals surface area contributed by atoms with E-state index in [1.54, 1.807) is 0 Å². The second kappa shape index (κ2) is 6.87. The van der Waals surface area contributed by atoms with Crippen molar-refractivity contribution in [3.8, 4) is 6.07 Å². The fourth-order valence-corrected chi connectivity index (χ4v) is 4.63. The summed E-state index contributed by atoms with van der Waals surface area (Å²) in [7, 11) is -3.98. The van der Waals surface area contributed by atoms with Gasteiger partial charge in [0.2, 0.25) is 9.84 Å². The van der Waals surface area contributed by atoms with E-state index in [1.165, 1.54) is 38.1 Å². The van der Waals surface area contributed by atoms with Crippen LogP contribution in [0.2, 0.25) is 0 Å². The lowest BCUT2D eigenvalue weighted by Gasteiger charge is -2.16. The van der Waals surface area contributed by atoms with E-state index < -0.39 is 27.3 Å². The van der Waals surface area contributed by atoms with E-state index in [4.69, 9.17) is 11.0 Å². The third-order valence-corrected chi connectivity index (χ3v) is 6.61. The van der Waals surface area contributed by atoms with Gasteiger partial charge in [0.25, 0.3) is 11.8 Å². The second-order valence-corrected chi connectivity index (χ2v) is 9.05. The van der Waals surface area contributed by atoms with Crippen LogP contribution in [0.4, 0.5) is 5.00 Å². The molecule has 0 fully saturated rings. The van der Waals surface area contributed by atoms with Gasteiger partial charge in [0.15, 0.2) is 0 Å². The highest BCUT2D eigenvalue weighted by atomic mass is 32.2. The molecule has 0 saturated carbocycles. The van der Waals surface area contributed by atoms with Gasteiger partial charge in [-0.05, 0) is 44.2 Å². The molecule has 26 heavy (non-hydrogen) atoms. The summed E-state index contributed by atoms with van der Waals surface area (Å²) in [4.78, 5) is 23.4. The van der Waals surface area contributed by atoms with Crippen LogP contribution in [0.15, 0.2) is 39.4 Å². The third-order valence-electron chi connectivity index (χ3n) is 3.32. The van der Waals surface area contributed by atoms with E-state index in [0.29, 0.717) is 16.9 Å². The molecule has 1 heterocycles. The molecule has 0 aliphatic heterocycles. The highest BCUT2D eigenvalue weighted by molar-refractivity contribution is 7.93. The van der Waals surface area contributed by atoms with Crippen molar-refractivity contribution >= 4 is 38.0 Å². The average molecular weight is 393 g/mol. The van der Waals surface area contributed by atoms with E-state index in [2.05, 4.69) is 5.32 Å². The summed E-state index contributed by atoms with van der Waals surface area (Å²) in [5, 5.41) is 20.7. The van der Waals surface area contributed by atoms with Crippen LogP contribution in [0.1, 0.15) is 29.8 Å². The number of primary amides is 1. The summed E-state index contributed by atoms with van der Waals surface area (Å²) in [5.41, 5.74) is 3.64. The summed E-state index contributed by atoms with van der Waals surface area (Å²) in [6, 6.07) is 8.20. The molecule has 4 N–H and O–H groups in total. The summed E-state index contributed by atoms with van der Waals surface area (Å²) >= 11 is 0.647. The van der Waals surface area contributed by atoms with Crippen molar-refractivity contribution in [2.75, 3.05) is 5.32 Å². The Morgan fingerprint density at radius 3 is 2.31 bits per heavy atom. The smallest absolute Gasteiger partial charge is 0.256 e. The van der Waals surface area contributed by atoms with Gasteiger partial charge in [-0.3, -0.25) is 9.59 Å². The molecule has 0 bridgehead atoms. The van der Waals surface area contributed by atoms with Crippen LogP contribution in [-0.2, 0) is 14.6 Å². The van der Waals surface area contributed by atoms with Crippen LogP contribution < -0.4 is 11.1 Å². The number of carbonyl (C=O) groups excluding carboxylic acids is 2. The van der Waals surface area contributed by atoms with Crippen LogP contribution in [0.25, 0.3) is 0 Å². The summed E-state index contributed by atoms with van der Waals surface area (Å²) in [6.07, 6.45) is 0. The fraction of sp³-hybridized carbons (Fsp3) is 0.188. The number of amides is 2. The van der Waals surface area contributed by atoms with Crippen molar-refractivity contribution in [1.29, 1.82) is 5.26 Å². The largest absolute Gasteiger partial charge is 0.381 e. The molecule has 8 nitrogen and oxygen atoms in total. The van der Waals surface area contributed by atoms with Crippen LogP contribution in [0.3, 0.4) is 0 Å². The molecule has 0 radical (unpaired) electrons. The summed E-state index contributed by atoms with van der Waals surface area (Å²) in [5.74, 6) is -1.74. The molecule has 0 aliphatic rings. The van der Waals surface area contributed by atoms with Crippen molar-refractivity contribution in [2.24, 2.45) is 5.73 Å². The monoisotopic (exact) mass is 393 g/mol. The number of aliphatic hydroxyl groups is 1. The maximum absolute atomic E-state index is 12.7. The van der Waals surface area contributed by atoms with Crippen molar-refractivity contribution in [1.82, 2.24) is 0 Å². The normalized spacial score (nSPS) is 11.6. The minimum atomic E-state index is -3.98. The van der Waals surface area contributed by atoms with Gasteiger partial charge in [-0.15, -0.1) is 11.3 Å². The van der Waals surface area contributed by atoms with Crippen molar-refractivity contribution < 1.29 is 23.1 Å². The second-order valence-electron chi connectivity index (χ2n) is 5.83. The Hall–Kier alpha value is -2.74. The number of nitrogens with zero attached hydrogens (tertiary/aromatic N) is 1. The first-order valence-corrected chi connectivity index (χ1v) is 9.49. The quantitative estimate of drug-likeness (QED) is 0.696. The molecule has 0 atom stereocenters. The van der Waals surface area contributed by atoms with Gasteiger partial charge < -0.3 is 16.2 Å². The standard InChI is InChI=1S/C16H15N3O5S2/c1-16(2,22)15(21)19-14-11(13(18)20)7-12(25-14)26(23,24)10-5-3-9(8-17)4-6-10/h3-7,22H,1-2H3,(H2,18,20)(H,19,21). The number of nitriles is 1. The van der Waals surface area contributed by atoms with Gasteiger partial charge in [-0.2, -0.15) is 5.26 Å². The molecule has 0 spiro atoms. The summed E-state index contributed by atoms with van der Waals surface area (Å²) < 4.78 is 25.2. The SMILES string of the molecule is CC(C)(O)C(=O)Nc1sc(S(=O)(=O)c2ccc(C#N)cc2)cc1C(N)=O. The first-order valence-electron chi connectivity index (χ1n) is 7.19. The zero-order valence-corrected chi connectivity index (χ0v) is 15.4. The molecule has 2 rings (SSSR count). The number of sulfone groups is 1. The van der Waals surface area contributed by atoms with E-state index in [-0.39, 0.29) is 19.7 Å². The number of rotatable bonds is 5. The van der Waals surface area contributed by atoms with Gasteiger partial charge in [0, 0.05) is 0 Å². The molecule has 1 aromatic heterocycles.